The number of rotatable bonds is 6. The lowest BCUT2D eigenvalue weighted by Gasteiger charge is -2.16. The molecule has 8 heteroatoms. The van der Waals surface area contributed by atoms with Crippen LogP contribution in [-0.4, -0.2) is 37.4 Å². The average Bonchev–Trinajstić information content (AvgIpc) is 2.45. The van der Waals surface area contributed by atoms with Crippen molar-refractivity contribution in [3.63, 3.8) is 0 Å². The summed E-state index contributed by atoms with van der Waals surface area (Å²) in [7, 11) is 2.86. The van der Waals surface area contributed by atoms with E-state index in [4.69, 9.17) is 26.2 Å². The van der Waals surface area contributed by atoms with Crippen LogP contribution in [0.25, 0.3) is 0 Å². The maximum absolute atomic E-state index is 11.8. The Morgan fingerprint density at radius 1 is 1.29 bits per heavy atom. The quantitative estimate of drug-likeness (QED) is 0.748. The molecule has 7 nitrogen and oxygen atoms in total. The molecule has 1 aromatic carbocycles. The molecule has 0 spiro atoms. The number of benzene rings is 1. The summed E-state index contributed by atoms with van der Waals surface area (Å²) in [4.78, 5) is 22.7. The maximum Gasteiger partial charge on any atom is 0.326 e. The molecule has 0 saturated heterocycles. The number of aliphatic carboxylic acids is 1. The number of carboxylic acid groups (broad SMARTS) is 1. The molecule has 116 valence electrons. The molecule has 0 unspecified atom stereocenters. The molecule has 21 heavy (non-hydrogen) atoms. The Morgan fingerprint density at radius 3 is 2.38 bits per heavy atom. The Hall–Kier alpha value is -2.15. The first-order valence-corrected chi connectivity index (χ1v) is 6.52. The standard InChI is InChI=1S/C13H17ClN2O5/c1-4-8(12(17)18)15-13(19)16-9-6-10(20-2)7(14)5-11(9)21-3/h5-6,8H,4H2,1-3H3,(H,17,18)(H2,15,16,19)/t8-/m1/s1. The van der Waals surface area contributed by atoms with Crippen LogP contribution in [0.1, 0.15) is 13.3 Å². The summed E-state index contributed by atoms with van der Waals surface area (Å²) in [5.74, 6) is -0.411. The minimum Gasteiger partial charge on any atom is -0.495 e. The van der Waals surface area contributed by atoms with Crippen molar-refractivity contribution in [2.45, 2.75) is 19.4 Å². The summed E-state index contributed by atoms with van der Waals surface area (Å²) in [6.45, 7) is 1.66. The van der Waals surface area contributed by atoms with E-state index in [9.17, 15) is 9.59 Å². The number of hydrogen-bond acceptors (Lipinski definition) is 4. The molecule has 0 aromatic heterocycles. The van der Waals surface area contributed by atoms with Crippen LogP contribution in [0.4, 0.5) is 10.5 Å². The van der Waals surface area contributed by atoms with Crippen LogP contribution in [0.3, 0.4) is 0 Å². The second kappa shape index (κ2) is 7.58. The molecule has 3 N–H and O–H groups in total. The number of anilines is 1. The van der Waals surface area contributed by atoms with E-state index in [1.165, 1.54) is 26.4 Å². The van der Waals surface area contributed by atoms with Crippen LogP contribution in [0.15, 0.2) is 12.1 Å². The number of urea groups is 1. The predicted octanol–water partition coefficient (Wildman–Crippen LogP) is 2.34. The van der Waals surface area contributed by atoms with Crippen LogP contribution >= 0.6 is 11.6 Å². The first-order valence-electron chi connectivity index (χ1n) is 6.14. The normalized spacial score (nSPS) is 11.4. The third-order valence-electron chi connectivity index (χ3n) is 2.73. The van der Waals surface area contributed by atoms with Crippen LogP contribution < -0.4 is 20.1 Å². The SMILES string of the molecule is CC[C@@H](NC(=O)Nc1cc(OC)c(Cl)cc1OC)C(=O)O. The molecule has 1 atom stereocenters. The molecule has 0 aliphatic rings. The van der Waals surface area contributed by atoms with Crippen LogP contribution in [0.5, 0.6) is 11.5 Å². The van der Waals surface area contributed by atoms with Gasteiger partial charge in [0.15, 0.2) is 0 Å². The van der Waals surface area contributed by atoms with E-state index in [1.54, 1.807) is 6.92 Å². The third kappa shape index (κ3) is 4.42. The van der Waals surface area contributed by atoms with Gasteiger partial charge in [-0.3, -0.25) is 0 Å². The van der Waals surface area contributed by atoms with Crippen LogP contribution in [0.2, 0.25) is 5.02 Å². The van der Waals surface area contributed by atoms with Crippen molar-refractivity contribution in [1.29, 1.82) is 0 Å². The number of carboxylic acids is 1. The summed E-state index contributed by atoms with van der Waals surface area (Å²) >= 11 is 5.95. The molecule has 0 aliphatic heterocycles. The zero-order valence-corrected chi connectivity index (χ0v) is 12.7. The average molecular weight is 317 g/mol. The highest BCUT2D eigenvalue weighted by Crippen LogP contribution is 2.35. The first kappa shape index (κ1) is 16.9. The van der Waals surface area contributed by atoms with Gasteiger partial charge in [0.2, 0.25) is 0 Å². The van der Waals surface area contributed by atoms with E-state index < -0.39 is 18.0 Å². The van der Waals surface area contributed by atoms with Crippen molar-refractivity contribution in [3.8, 4) is 11.5 Å². The third-order valence-corrected chi connectivity index (χ3v) is 3.03. The molecular weight excluding hydrogens is 300 g/mol. The van der Waals surface area contributed by atoms with E-state index in [0.717, 1.165) is 0 Å². The molecule has 1 aromatic rings. The zero-order chi connectivity index (χ0) is 16.0. The summed E-state index contributed by atoms with van der Waals surface area (Å²) < 4.78 is 10.2. The van der Waals surface area contributed by atoms with E-state index in [2.05, 4.69) is 10.6 Å². The highest BCUT2D eigenvalue weighted by Gasteiger charge is 2.19. The van der Waals surface area contributed by atoms with E-state index in [1.807, 2.05) is 0 Å². The zero-order valence-electron chi connectivity index (χ0n) is 11.9. The Kier molecular flexibility index (Phi) is 6.10. The molecule has 0 fully saturated rings. The monoisotopic (exact) mass is 316 g/mol. The topological polar surface area (TPSA) is 96.9 Å². The minimum atomic E-state index is -1.10. The van der Waals surface area contributed by atoms with Crippen molar-refractivity contribution >= 4 is 29.3 Å². The lowest BCUT2D eigenvalue weighted by molar-refractivity contribution is -0.139. The summed E-state index contributed by atoms with van der Waals surface area (Å²) in [6.07, 6.45) is 0.268. The van der Waals surface area contributed by atoms with Gasteiger partial charge in [0.1, 0.15) is 17.5 Å². The predicted molar refractivity (Wildman–Crippen MR) is 78.4 cm³/mol. The number of hydrogen-bond donors (Lipinski definition) is 3. The number of ether oxygens (including phenoxy) is 2. The molecule has 0 bridgehead atoms. The molecule has 0 saturated carbocycles. The van der Waals surface area contributed by atoms with Crippen molar-refractivity contribution in [3.05, 3.63) is 17.2 Å². The smallest absolute Gasteiger partial charge is 0.326 e. The molecule has 2 amide bonds. The Labute approximate surface area is 127 Å². The number of carbonyl (C=O) groups excluding carboxylic acids is 1. The van der Waals surface area contributed by atoms with E-state index in [-0.39, 0.29) is 6.42 Å². The fourth-order valence-electron chi connectivity index (χ4n) is 1.61. The lowest BCUT2D eigenvalue weighted by atomic mass is 10.2. The molecular formula is C13H17ClN2O5. The highest BCUT2D eigenvalue weighted by molar-refractivity contribution is 6.32. The molecule has 0 heterocycles. The summed E-state index contributed by atoms with van der Waals surface area (Å²) in [5, 5.41) is 14.1. The Bertz CT molecular complexity index is 536. The van der Waals surface area contributed by atoms with Gasteiger partial charge in [0, 0.05) is 12.1 Å². The van der Waals surface area contributed by atoms with Crippen molar-refractivity contribution < 1.29 is 24.2 Å². The minimum absolute atomic E-state index is 0.268. The number of nitrogens with one attached hydrogen (secondary N) is 2. The number of amides is 2. The van der Waals surface area contributed by atoms with Gasteiger partial charge in [-0.15, -0.1) is 0 Å². The Balaban J connectivity index is 2.91. The van der Waals surface area contributed by atoms with Gasteiger partial charge in [-0.1, -0.05) is 18.5 Å². The van der Waals surface area contributed by atoms with Gasteiger partial charge in [-0.05, 0) is 6.42 Å². The number of carbonyl (C=O) groups is 2. The van der Waals surface area contributed by atoms with Gasteiger partial charge in [0.25, 0.3) is 0 Å². The molecule has 1 rings (SSSR count). The van der Waals surface area contributed by atoms with E-state index in [0.29, 0.717) is 22.2 Å². The molecule has 0 radical (unpaired) electrons. The lowest BCUT2D eigenvalue weighted by Crippen LogP contribution is -2.42. The summed E-state index contributed by atoms with van der Waals surface area (Å²) in [6, 6.07) is 1.35. The first-order chi connectivity index (χ1) is 9.92. The number of methoxy groups -OCH3 is 2. The van der Waals surface area contributed by atoms with Crippen molar-refractivity contribution in [1.82, 2.24) is 5.32 Å². The second-order valence-corrected chi connectivity index (χ2v) is 4.49. The fraction of sp³-hybridized carbons (Fsp3) is 0.385. The van der Waals surface area contributed by atoms with Gasteiger partial charge >= 0.3 is 12.0 Å². The van der Waals surface area contributed by atoms with Crippen LogP contribution in [0, 0.1) is 0 Å². The largest absolute Gasteiger partial charge is 0.495 e. The van der Waals surface area contributed by atoms with Gasteiger partial charge < -0.3 is 25.2 Å². The van der Waals surface area contributed by atoms with Crippen molar-refractivity contribution in [2.75, 3.05) is 19.5 Å². The molecule has 0 aliphatic carbocycles. The van der Waals surface area contributed by atoms with Gasteiger partial charge in [-0.25, -0.2) is 9.59 Å². The number of halogens is 1. The summed E-state index contributed by atoms with van der Waals surface area (Å²) in [5.41, 5.74) is 0.316. The Morgan fingerprint density at radius 2 is 1.90 bits per heavy atom. The maximum atomic E-state index is 11.8. The van der Waals surface area contributed by atoms with Gasteiger partial charge in [-0.2, -0.15) is 0 Å². The van der Waals surface area contributed by atoms with Crippen LogP contribution in [-0.2, 0) is 4.79 Å². The van der Waals surface area contributed by atoms with E-state index >= 15 is 0 Å². The fourth-order valence-corrected chi connectivity index (χ4v) is 1.84. The highest BCUT2D eigenvalue weighted by atomic mass is 35.5. The second-order valence-electron chi connectivity index (χ2n) is 4.08. The van der Waals surface area contributed by atoms with Gasteiger partial charge in [0.05, 0.1) is 24.9 Å². The van der Waals surface area contributed by atoms with Crippen molar-refractivity contribution in [2.24, 2.45) is 0 Å².